The van der Waals surface area contributed by atoms with E-state index in [0.717, 1.165) is 40.6 Å². The summed E-state index contributed by atoms with van der Waals surface area (Å²) in [5.41, 5.74) is 7.12. The Labute approximate surface area is 197 Å². The second-order valence-corrected chi connectivity index (χ2v) is 9.27. The van der Waals surface area contributed by atoms with E-state index in [4.69, 9.17) is 5.26 Å². The summed E-state index contributed by atoms with van der Waals surface area (Å²) in [4.78, 5) is 4.35. The number of rotatable bonds is 3. The van der Waals surface area contributed by atoms with Gasteiger partial charge in [-0.05, 0) is 61.6 Å². The van der Waals surface area contributed by atoms with Gasteiger partial charge in [0.25, 0.3) is 0 Å². The van der Waals surface area contributed by atoms with Gasteiger partial charge in [0.2, 0.25) is 0 Å². The molecule has 6 rings (SSSR count). The molecule has 1 fully saturated rings. The monoisotopic (exact) mass is 451 g/mol. The van der Waals surface area contributed by atoms with Gasteiger partial charge in [-0.15, -0.1) is 10.2 Å². The topological polar surface area (TPSA) is 86.1 Å². The van der Waals surface area contributed by atoms with E-state index < -0.39 is 0 Å². The molecule has 0 aliphatic carbocycles. The van der Waals surface area contributed by atoms with E-state index in [1.54, 1.807) is 6.33 Å². The molecule has 0 radical (unpaired) electrons. The first-order valence-electron chi connectivity index (χ1n) is 11.4. The van der Waals surface area contributed by atoms with Gasteiger partial charge >= 0.3 is 0 Å². The number of hydrogen-bond acceptors (Lipinski definition) is 6. The molecule has 1 saturated heterocycles. The smallest absolute Gasteiger partial charge is 0.185 e. The van der Waals surface area contributed by atoms with Crippen LogP contribution in [0, 0.1) is 11.3 Å². The van der Waals surface area contributed by atoms with Gasteiger partial charge in [-0.2, -0.15) is 5.26 Å². The Morgan fingerprint density at radius 1 is 1.06 bits per heavy atom. The number of benzene rings is 2. The fraction of sp³-hybridized carbons (Fsp3) is 0.269. The van der Waals surface area contributed by atoms with Crippen molar-refractivity contribution in [3.05, 3.63) is 72.2 Å². The zero-order valence-corrected chi connectivity index (χ0v) is 19.1. The van der Waals surface area contributed by atoms with Crippen LogP contribution in [0.2, 0.25) is 0 Å². The van der Waals surface area contributed by atoms with Gasteiger partial charge in [-0.1, -0.05) is 12.1 Å². The number of aliphatic hydroxyl groups excluding tert-OH is 1. The third-order valence-electron chi connectivity index (χ3n) is 6.97. The van der Waals surface area contributed by atoms with Crippen LogP contribution < -0.4 is 4.90 Å². The van der Waals surface area contributed by atoms with Crippen molar-refractivity contribution >= 4 is 5.69 Å². The molecule has 1 unspecified atom stereocenters. The maximum Gasteiger partial charge on any atom is 0.185 e. The summed E-state index contributed by atoms with van der Waals surface area (Å²) in [5.74, 6) is 0.802. The first kappa shape index (κ1) is 20.7. The highest BCUT2D eigenvalue weighted by Gasteiger charge is 2.33. The molecule has 8 nitrogen and oxygen atoms in total. The maximum absolute atomic E-state index is 10.5. The third kappa shape index (κ3) is 3.29. The highest BCUT2D eigenvalue weighted by molar-refractivity contribution is 5.72. The van der Waals surface area contributed by atoms with E-state index in [9.17, 15) is 5.11 Å². The van der Waals surface area contributed by atoms with Crippen molar-refractivity contribution in [1.29, 1.82) is 5.26 Å². The molecule has 170 valence electrons. The van der Waals surface area contributed by atoms with Gasteiger partial charge < -0.3 is 19.5 Å². The Balaban J connectivity index is 1.40. The maximum atomic E-state index is 10.5. The molecule has 4 aromatic rings. The highest BCUT2D eigenvalue weighted by Crippen LogP contribution is 2.35. The van der Waals surface area contributed by atoms with Crippen LogP contribution in [0.3, 0.4) is 0 Å². The molecule has 2 aliphatic rings. The minimum Gasteiger partial charge on any atom is -0.390 e. The molecule has 0 spiro atoms. The Kier molecular flexibility index (Phi) is 4.76. The van der Waals surface area contributed by atoms with Gasteiger partial charge in [0.15, 0.2) is 5.82 Å². The van der Waals surface area contributed by atoms with E-state index in [1.807, 2.05) is 42.9 Å². The van der Waals surface area contributed by atoms with Crippen molar-refractivity contribution < 1.29 is 5.11 Å². The SMILES string of the molecule is CN(C)C1CN(c2ccc3c(c2)Cn2cc(-c4ccc(C#N)cc4)cc2-c2nncn2-3)C[C@H]1O. The lowest BCUT2D eigenvalue weighted by Gasteiger charge is -2.23. The summed E-state index contributed by atoms with van der Waals surface area (Å²) in [6.45, 7) is 2.12. The summed E-state index contributed by atoms with van der Waals surface area (Å²) in [5, 5.41) is 28.3. The predicted molar refractivity (Wildman–Crippen MR) is 130 cm³/mol. The largest absolute Gasteiger partial charge is 0.390 e. The molecule has 4 heterocycles. The van der Waals surface area contributed by atoms with Crippen LogP contribution in [0.4, 0.5) is 5.69 Å². The molecule has 2 aromatic carbocycles. The quantitative estimate of drug-likeness (QED) is 0.454. The van der Waals surface area contributed by atoms with Crippen molar-refractivity contribution in [1.82, 2.24) is 24.2 Å². The number of β-amino-alcohol motifs (C(OH)–C–C–N with tert-alkyl or cyclic N) is 1. The lowest BCUT2D eigenvalue weighted by atomic mass is 10.1. The first-order chi connectivity index (χ1) is 16.5. The molecule has 0 saturated carbocycles. The predicted octanol–water partition coefficient (Wildman–Crippen LogP) is 2.75. The normalized spacial score (nSPS) is 18.9. The number of aliphatic hydroxyl groups is 1. The Hall–Kier alpha value is -3.93. The molecule has 2 aliphatic heterocycles. The van der Waals surface area contributed by atoms with Crippen molar-refractivity contribution in [3.8, 4) is 34.4 Å². The summed E-state index contributed by atoms with van der Waals surface area (Å²) in [7, 11) is 4.03. The van der Waals surface area contributed by atoms with Crippen molar-refractivity contribution in [2.24, 2.45) is 0 Å². The lowest BCUT2D eigenvalue weighted by Crippen LogP contribution is -2.38. The van der Waals surface area contributed by atoms with Gasteiger partial charge in [-0.3, -0.25) is 4.57 Å². The van der Waals surface area contributed by atoms with Crippen LogP contribution in [-0.2, 0) is 6.54 Å². The lowest BCUT2D eigenvalue weighted by molar-refractivity contribution is 0.114. The summed E-state index contributed by atoms with van der Waals surface area (Å²) >= 11 is 0. The molecule has 0 bridgehead atoms. The average Bonchev–Trinajstić information content (AvgIpc) is 3.56. The van der Waals surface area contributed by atoms with Crippen LogP contribution in [-0.4, -0.2) is 68.7 Å². The Bertz CT molecular complexity index is 1410. The number of aromatic nitrogens is 4. The van der Waals surface area contributed by atoms with E-state index in [0.29, 0.717) is 18.7 Å². The minimum atomic E-state index is -0.371. The van der Waals surface area contributed by atoms with Crippen molar-refractivity contribution in [3.63, 3.8) is 0 Å². The molecular formula is C26H25N7O. The molecule has 1 N–H and O–H groups in total. The van der Waals surface area contributed by atoms with Crippen LogP contribution in [0.1, 0.15) is 11.1 Å². The van der Waals surface area contributed by atoms with Crippen LogP contribution in [0.5, 0.6) is 0 Å². The average molecular weight is 452 g/mol. The van der Waals surface area contributed by atoms with Gasteiger partial charge in [0.05, 0.1) is 35.2 Å². The number of nitrogens with zero attached hydrogens (tertiary/aromatic N) is 7. The third-order valence-corrected chi connectivity index (χ3v) is 6.97. The highest BCUT2D eigenvalue weighted by atomic mass is 16.3. The van der Waals surface area contributed by atoms with Gasteiger partial charge in [0, 0.05) is 37.1 Å². The van der Waals surface area contributed by atoms with Crippen molar-refractivity contribution in [2.75, 3.05) is 32.1 Å². The molecule has 2 aromatic heterocycles. The standard InChI is InChI=1S/C26H25N7O/c1-30(2)24-14-31(15-25(24)34)21-7-8-22-20(9-21)13-32-12-19(18-5-3-17(11-27)4-6-18)10-23(32)26-29-28-16-33(22)26/h3-10,12,16,24-25,34H,13-15H2,1-2H3/t24?,25-/m1/s1. The first-order valence-corrected chi connectivity index (χ1v) is 11.4. The number of hydrogen-bond donors (Lipinski definition) is 1. The second kappa shape index (κ2) is 7.83. The number of nitriles is 1. The number of likely N-dealkylation sites (N-methyl/N-ethyl adjacent to an activating group) is 1. The zero-order valence-electron chi connectivity index (χ0n) is 19.1. The Morgan fingerprint density at radius 2 is 1.88 bits per heavy atom. The molecule has 2 atom stereocenters. The van der Waals surface area contributed by atoms with Crippen LogP contribution >= 0.6 is 0 Å². The summed E-state index contributed by atoms with van der Waals surface area (Å²) in [6, 6.07) is 18.5. The van der Waals surface area contributed by atoms with Crippen molar-refractivity contribution in [2.45, 2.75) is 18.7 Å². The van der Waals surface area contributed by atoms with E-state index in [-0.39, 0.29) is 12.1 Å². The minimum absolute atomic E-state index is 0.120. The summed E-state index contributed by atoms with van der Waals surface area (Å²) in [6.07, 6.45) is 3.53. The number of fused-ring (bicyclic) bond motifs is 5. The van der Waals surface area contributed by atoms with E-state index in [2.05, 4.69) is 61.1 Å². The van der Waals surface area contributed by atoms with E-state index in [1.165, 1.54) is 5.56 Å². The fourth-order valence-electron chi connectivity index (χ4n) is 5.11. The zero-order chi connectivity index (χ0) is 23.4. The molecule has 8 heteroatoms. The van der Waals surface area contributed by atoms with Crippen LogP contribution in [0.25, 0.3) is 28.3 Å². The Morgan fingerprint density at radius 3 is 2.62 bits per heavy atom. The van der Waals surface area contributed by atoms with Gasteiger partial charge in [0.1, 0.15) is 6.33 Å². The molecular weight excluding hydrogens is 426 g/mol. The van der Waals surface area contributed by atoms with Gasteiger partial charge in [-0.25, -0.2) is 0 Å². The second-order valence-electron chi connectivity index (χ2n) is 9.27. The number of anilines is 1. The van der Waals surface area contributed by atoms with E-state index >= 15 is 0 Å². The van der Waals surface area contributed by atoms with Crippen LogP contribution in [0.15, 0.2) is 61.1 Å². The molecule has 34 heavy (non-hydrogen) atoms. The summed E-state index contributed by atoms with van der Waals surface area (Å²) < 4.78 is 4.26. The molecule has 0 amide bonds. The fourth-order valence-corrected chi connectivity index (χ4v) is 5.11.